The second kappa shape index (κ2) is 50.7. The zero-order valence-electron chi connectivity index (χ0n) is 47.3. The Morgan fingerprint density at radius 1 is 0.534 bits per heavy atom. The SMILES string of the molecule is CCCCC/C=C\C/C=C\CCCCCCCCCCCC(=O)OC1C(OCC(NC(=O)C(O)CCCCCCCCCCCCCCC)C(O)/C=C/CCCCCCCCCCCC)OC(CO)C(O)C1O. The highest BCUT2D eigenvalue weighted by molar-refractivity contribution is 5.80. The largest absolute Gasteiger partial charge is 0.454 e. The molecule has 1 aliphatic rings. The van der Waals surface area contributed by atoms with Crippen molar-refractivity contribution in [1.29, 1.82) is 0 Å². The van der Waals surface area contributed by atoms with Crippen molar-refractivity contribution < 1.29 is 49.3 Å². The highest BCUT2D eigenvalue weighted by atomic mass is 16.7. The molecule has 0 saturated carbocycles. The van der Waals surface area contributed by atoms with E-state index in [-0.39, 0.29) is 13.0 Å². The third-order valence-electron chi connectivity index (χ3n) is 14.5. The summed E-state index contributed by atoms with van der Waals surface area (Å²) < 4.78 is 17.6. The predicted octanol–water partition coefficient (Wildman–Crippen LogP) is 14.3. The summed E-state index contributed by atoms with van der Waals surface area (Å²) >= 11 is 0. The fourth-order valence-electron chi connectivity index (χ4n) is 9.62. The second-order valence-corrected chi connectivity index (χ2v) is 21.4. The quantitative estimate of drug-likeness (QED) is 0.0195. The number of hydrogen-bond donors (Lipinski definition) is 6. The van der Waals surface area contributed by atoms with Crippen LogP contribution in [0.25, 0.3) is 0 Å². The summed E-state index contributed by atoms with van der Waals surface area (Å²) in [6.07, 6.45) is 48.9. The van der Waals surface area contributed by atoms with E-state index in [4.69, 9.17) is 14.2 Å². The molecular weight excluding hydrogens is 919 g/mol. The van der Waals surface area contributed by atoms with Gasteiger partial charge in [0.25, 0.3) is 0 Å². The minimum Gasteiger partial charge on any atom is -0.454 e. The van der Waals surface area contributed by atoms with Crippen LogP contribution < -0.4 is 5.32 Å². The molecule has 1 aliphatic heterocycles. The van der Waals surface area contributed by atoms with Gasteiger partial charge in [0.05, 0.1) is 25.4 Å². The maximum Gasteiger partial charge on any atom is 0.306 e. The lowest BCUT2D eigenvalue weighted by molar-refractivity contribution is -0.305. The van der Waals surface area contributed by atoms with Gasteiger partial charge in [0.15, 0.2) is 12.4 Å². The van der Waals surface area contributed by atoms with Crippen molar-refractivity contribution in [2.24, 2.45) is 0 Å². The number of allylic oxidation sites excluding steroid dienone is 5. The Morgan fingerprint density at radius 2 is 0.945 bits per heavy atom. The number of rotatable bonds is 52. The minimum atomic E-state index is -1.61. The number of ether oxygens (including phenoxy) is 3. The van der Waals surface area contributed by atoms with E-state index in [1.54, 1.807) is 6.08 Å². The van der Waals surface area contributed by atoms with Crippen molar-refractivity contribution in [1.82, 2.24) is 5.32 Å². The number of nitrogens with one attached hydrogen (secondary N) is 1. The maximum atomic E-state index is 13.4. The molecule has 1 heterocycles. The molecule has 1 fully saturated rings. The van der Waals surface area contributed by atoms with Crippen LogP contribution in [0.5, 0.6) is 0 Å². The molecule has 11 nitrogen and oxygen atoms in total. The molecule has 8 atom stereocenters. The molecule has 8 unspecified atom stereocenters. The molecule has 0 aromatic carbocycles. The van der Waals surface area contributed by atoms with Crippen molar-refractivity contribution in [3.8, 4) is 0 Å². The van der Waals surface area contributed by atoms with E-state index >= 15 is 0 Å². The summed E-state index contributed by atoms with van der Waals surface area (Å²) in [5.41, 5.74) is 0. The lowest BCUT2D eigenvalue weighted by atomic mass is 9.99. The lowest BCUT2D eigenvalue weighted by Gasteiger charge is -2.41. The van der Waals surface area contributed by atoms with Gasteiger partial charge in [-0.2, -0.15) is 0 Å². The molecule has 1 rings (SSSR count). The molecule has 428 valence electrons. The van der Waals surface area contributed by atoms with Gasteiger partial charge in [-0.3, -0.25) is 9.59 Å². The summed E-state index contributed by atoms with van der Waals surface area (Å²) in [6.45, 7) is 5.77. The Bertz CT molecular complexity index is 1330. The van der Waals surface area contributed by atoms with Crippen molar-refractivity contribution in [3.63, 3.8) is 0 Å². The first-order valence-electron chi connectivity index (χ1n) is 30.8. The monoisotopic (exact) mass is 1030 g/mol. The maximum absolute atomic E-state index is 13.4. The first kappa shape index (κ1) is 68.9. The van der Waals surface area contributed by atoms with Gasteiger partial charge >= 0.3 is 5.97 Å². The molecule has 73 heavy (non-hydrogen) atoms. The van der Waals surface area contributed by atoms with Gasteiger partial charge in [-0.05, 0) is 57.8 Å². The van der Waals surface area contributed by atoms with Crippen molar-refractivity contribution >= 4 is 11.9 Å². The van der Waals surface area contributed by atoms with Gasteiger partial charge in [-0.25, -0.2) is 0 Å². The molecule has 0 aromatic rings. The number of aliphatic hydroxyl groups excluding tert-OH is 5. The van der Waals surface area contributed by atoms with Crippen LogP contribution in [0, 0.1) is 0 Å². The second-order valence-electron chi connectivity index (χ2n) is 21.4. The summed E-state index contributed by atoms with van der Waals surface area (Å²) in [6, 6.07) is -1.02. The highest BCUT2D eigenvalue weighted by Crippen LogP contribution is 2.26. The summed E-state index contributed by atoms with van der Waals surface area (Å²) in [5, 5.41) is 56.9. The summed E-state index contributed by atoms with van der Waals surface area (Å²) in [4.78, 5) is 26.5. The van der Waals surface area contributed by atoms with Crippen LogP contribution in [0.4, 0.5) is 0 Å². The number of amides is 1. The highest BCUT2D eigenvalue weighted by Gasteiger charge is 2.47. The molecule has 1 saturated heterocycles. The normalized spacial score (nSPS) is 19.6. The summed E-state index contributed by atoms with van der Waals surface area (Å²) in [7, 11) is 0. The van der Waals surface area contributed by atoms with Gasteiger partial charge < -0.3 is 45.1 Å². The molecule has 11 heteroatoms. The smallest absolute Gasteiger partial charge is 0.306 e. The van der Waals surface area contributed by atoms with E-state index in [0.29, 0.717) is 19.3 Å². The molecule has 1 amide bonds. The number of carbonyl (C=O) groups excluding carboxylic acids is 2. The third-order valence-corrected chi connectivity index (χ3v) is 14.5. The molecule has 0 bridgehead atoms. The van der Waals surface area contributed by atoms with Crippen LogP contribution in [-0.4, -0.2) is 99.6 Å². The van der Waals surface area contributed by atoms with Crippen molar-refractivity contribution in [2.45, 2.75) is 333 Å². The predicted molar refractivity (Wildman–Crippen MR) is 301 cm³/mol. The first-order chi connectivity index (χ1) is 35.7. The Labute approximate surface area is 447 Å². The third kappa shape index (κ3) is 39.0. The topological polar surface area (TPSA) is 175 Å². The standard InChI is InChI=1S/C62H115NO10/c1-4-7-10-13-16-19-22-25-26-27-28-29-30-32-35-38-41-44-47-50-57(67)73-60-59(69)58(68)56(51-64)72-62(60)71-52-53(54(65)48-45-42-39-36-33-24-21-18-15-12-9-6-3)63-61(70)55(66)49-46-43-40-37-34-31-23-20-17-14-11-8-5-2/h16,19,25-26,45,48,53-56,58-60,62,64-66,68-69H,4-15,17-18,20-24,27-44,46-47,49-52H2,1-3H3,(H,63,70)/b19-16-,26-25-,48-45+. The van der Waals surface area contributed by atoms with Crippen molar-refractivity contribution in [3.05, 3.63) is 36.5 Å². The van der Waals surface area contributed by atoms with Gasteiger partial charge in [0, 0.05) is 6.42 Å². The molecule has 6 N–H and O–H groups in total. The average molecular weight is 1030 g/mol. The lowest BCUT2D eigenvalue weighted by Crippen LogP contribution is -2.61. The van der Waals surface area contributed by atoms with Gasteiger partial charge in [-0.1, -0.05) is 256 Å². The van der Waals surface area contributed by atoms with Crippen LogP contribution in [0.15, 0.2) is 36.5 Å². The number of carbonyl (C=O) groups is 2. The Morgan fingerprint density at radius 3 is 1.42 bits per heavy atom. The number of hydrogen-bond acceptors (Lipinski definition) is 10. The van der Waals surface area contributed by atoms with Crippen LogP contribution in [0.2, 0.25) is 0 Å². The van der Waals surface area contributed by atoms with Crippen LogP contribution in [0.1, 0.15) is 284 Å². The number of esters is 1. The van der Waals surface area contributed by atoms with Crippen LogP contribution in [-0.2, 0) is 23.8 Å². The molecular formula is C62H115NO10. The van der Waals surface area contributed by atoms with Crippen LogP contribution in [0.3, 0.4) is 0 Å². The fraction of sp³-hybridized carbons (Fsp3) is 0.871. The van der Waals surface area contributed by atoms with E-state index in [1.165, 1.54) is 167 Å². The molecule has 0 aliphatic carbocycles. The van der Waals surface area contributed by atoms with E-state index < -0.39 is 67.4 Å². The van der Waals surface area contributed by atoms with Gasteiger partial charge in [0.2, 0.25) is 5.91 Å². The van der Waals surface area contributed by atoms with E-state index in [2.05, 4.69) is 50.4 Å². The van der Waals surface area contributed by atoms with Crippen molar-refractivity contribution in [2.75, 3.05) is 13.2 Å². The Hall–Kier alpha value is -2.12. The Kier molecular flexibility index (Phi) is 47.8. The number of aliphatic hydroxyl groups is 5. The van der Waals surface area contributed by atoms with E-state index in [9.17, 15) is 35.1 Å². The number of unbranched alkanes of at least 4 members (excludes halogenated alkanes) is 34. The van der Waals surface area contributed by atoms with E-state index in [1.807, 2.05) is 6.08 Å². The van der Waals surface area contributed by atoms with E-state index in [0.717, 1.165) is 70.6 Å². The molecule has 0 aromatic heterocycles. The first-order valence-corrected chi connectivity index (χ1v) is 30.8. The zero-order valence-corrected chi connectivity index (χ0v) is 47.3. The van der Waals surface area contributed by atoms with Gasteiger partial charge in [0.1, 0.15) is 24.4 Å². The summed E-state index contributed by atoms with van der Waals surface area (Å²) in [5.74, 6) is -1.19. The van der Waals surface area contributed by atoms with Gasteiger partial charge in [-0.15, -0.1) is 0 Å². The average Bonchev–Trinajstić information content (AvgIpc) is 3.39. The Balaban J connectivity index is 2.67. The zero-order chi connectivity index (χ0) is 53.3. The molecule has 0 radical (unpaired) electrons. The molecule has 0 spiro atoms. The van der Waals surface area contributed by atoms with Crippen LogP contribution >= 0.6 is 0 Å². The minimum absolute atomic E-state index is 0.121. The fourth-order valence-corrected chi connectivity index (χ4v) is 9.62.